The van der Waals surface area contributed by atoms with Gasteiger partial charge >= 0.3 is 0 Å². The van der Waals surface area contributed by atoms with Crippen LogP contribution in [0.25, 0.3) is 0 Å². The lowest BCUT2D eigenvalue weighted by molar-refractivity contribution is -0.130. The molecule has 0 bridgehead atoms. The second-order valence-corrected chi connectivity index (χ2v) is 5.41. The highest BCUT2D eigenvalue weighted by Crippen LogP contribution is 2.22. The van der Waals surface area contributed by atoms with E-state index in [0.717, 1.165) is 25.1 Å². The molecular formula is C13H16Cl2N2O. The van der Waals surface area contributed by atoms with Crippen molar-refractivity contribution >= 4 is 29.1 Å². The molecule has 0 aromatic heterocycles. The molecule has 98 valence electrons. The Balaban J connectivity index is 2.01. The van der Waals surface area contributed by atoms with Crippen molar-refractivity contribution < 1.29 is 4.79 Å². The van der Waals surface area contributed by atoms with E-state index in [-0.39, 0.29) is 5.91 Å². The van der Waals surface area contributed by atoms with Crippen molar-refractivity contribution in [3.05, 3.63) is 33.8 Å². The largest absolute Gasteiger partial charge is 0.341 e. The summed E-state index contributed by atoms with van der Waals surface area (Å²) in [4.78, 5) is 14.0. The van der Waals surface area contributed by atoms with Crippen LogP contribution in [0, 0.1) is 0 Å². The summed E-state index contributed by atoms with van der Waals surface area (Å²) in [5.41, 5.74) is 0.823. The van der Waals surface area contributed by atoms with Crippen LogP contribution in [0.4, 0.5) is 0 Å². The zero-order chi connectivity index (χ0) is 13.1. The van der Waals surface area contributed by atoms with Crippen LogP contribution >= 0.6 is 23.2 Å². The summed E-state index contributed by atoms with van der Waals surface area (Å²) >= 11 is 11.9. The van der Waals surface area contributed by atoms with E-state index in [1.807, 2.05) is 18.0 Å². The Kier molecular flexibility index (Phi) is 4.49. The monoisotopic (exact) mass is 286 g/mol. The van der Waals surface area contributed by atoms with Crippen molar-refractivity contribution in [2.24, 2.45) is 0 Å². The summed E-state index contributed by atoms with van der Waals surface area (Å²) in [6.45, 7) is 1.85. The molecule has 1 aromatic rings. The first-order valence-electron chi connectivity index (χ1n) is 5.98. The van der Waals surface area contributed by atoms with Crippen molar-refractivity contribution in [3.63, 3.8) is 0 Å². The summed E-state index contributed by atoms with van der Waals surface area (Å²) in [6, 6.07) is 5.53. The number of carbonyl (C=O) groups excluding carboxylic acids is 1. The average Bonchev–Trinajstić information content (AvgIpc) is 2.85. The van der Waals surface area contributed by atoms with Crippen molar-refractivity contribution in [1.82, 2.24) is 10.2 Å². The van der Waals surface area contributed by atoms with Crippen LogP contribution in [-0.4, -0.2) is 37.0 Å². The first-order valence-corrected chi connectivity index (χ1v) is 6.74. The van der Waals surface area contributed by atoms with Gasteiger partial charge in [-0.1, -0.05) is 29.3 Å². The van der Waals surface area contributed by atoms with Gasteiger partial charge in [0, 0.05) is 29.7 Å². The van der Waals surface area contributed by atoms with Crippen molar-refractivity contribution in [2.75, 3.05) is 20.1 Å². The normalized spacial score (nSPS) is 18.9. The SMILES string of the molecule is CN(C(=O)Cc1ccc(Cl)cc1Cl)C1CCNC1. The van der Waals surface area contributed by atoms with Gasteiger partial charge in [-0.3, -0.25) is 4.79 Å². The number of benzene rings is 1. The van der Waals surface area contributed by atoms with E-state index in [1.54, 1.807) is 12.1 Å². The van der Waals surface area contributed by atoms with E-state index in [0.29, 0.717) is 22.5 Å². The Hall–Kier alpha value is -0.770. The molecule has 1 aliphatic rings. The number of carbonyl (C=O) groups is 1. The molecular weight excluding hydrogens is 271 g/mol. The molecule has 3 nitrogen and oxygen atoms in total. The molecule has 1 atom stereocenters. The molecule has 1 aliphatic heterocycles. The highest BCUT2D eigenvalue weighted by molar-refractivity contribution is 6.35. The van der Waals surface area contributed by atoms with Gasteiger partial charge in [0.2, 0.25) is 5.91 Å². The van der Waals surface area contributed by atoms with Crippen molar-refractivity contribution in [1.29, 1.82) is 0 Å². The minimum Gasteiger partial charge on any atom is -0.341 e. The van der Waals surface area contributed by atoms with Crippen LogP contribution in [0.5, 0.6) is 0 Å². The number of rotatable bonds is 3. The molecule has 1 N–H and O–H groups in total. The summed E-state index contributed by atoms with van der Waals surface area (Å²) in [7, 11) is 1.85. The maximum absolute atomic E-state index is 12.1. The fourth-order valence-electron chi connectivity index (χ4n) is 2.13. The summed E-state index contributed by atoms with van der Waals surface area (Å²) in [5, 5.41) is 4.39. The summed E-state index contributed by atoms with van der Waals surface area (Å²) < 4.78 is 0. The van der Waals surface area contributed by atoms with Gasteiger partial charge in [-0.25, -0.2) is 0 Å². The molecule has 0 aliphatic carbocycles. The standard InChI is InChI=1S/C13H16Cl2N2O/c1-17(11-4-5-16-8-11)13(18)6-9-2-3-10(14)7-12(9)15/h2-3,7,11,16H,4-6,8H2,1H3. The molecule has 1 amide bonds. The van der Waals surface area contributed by atoms with Gasteiger partial charge < -0.3 is 10.2 Å². The second-order valence-electron chi connectivity index (χ2n) is 4.56. The van der Waals surface area contributed by atoms with Crippen LogP contribution < -0.4 is 5.32 Å². The van der Waals surface area contributed by atoms with Gasteiger partial charge in [0.15, 0.2) is 0 Å². The topological polar surface area (TPSA) is 32.3 Å². The number of hydrogen-bond acceptors (Lipinski definition) is 2. The lowest BCUT2D eigenvalue weighted by Gasteiger charge is -2.24. The fourth-order valence-corrected chi connectivity index (χ4v) is 2.60. The zero-order valence-corrected chi connectivity index (χ0v) is 11.8. The van der Waals surface area contributed by atoms with Crippen molar-refractivity contribution in [2.45, 2.75) is 18.9 Å². The van der Waals surface area contributed by atoms with E-state index >= 15 is 0 Å². The number of halogens is 2. The highest BCUT2D eigenvalue weighted by atomic mass is 35.5. The lowest BCUT2D eigenvalue weighted by atomic mass is 10.1. The van der Waals surface area contributed by atoms with Gasteiger partial charge in [-0.05, 0) is 30.7 Å². The van der Waals surface area contributed by atoms with E-state index in [2.05, 4.69) is 5.32 Å². The molecule has 1 heterocycles. The first kappa shape index (κ1) is 13.7. The highest BCUT2D eigenvalue weighted by Gasteiger charge is 2.23. The maximum atomic E-state index is 12.1. The minimum absolute atomic E-state index is 0.0907. The average molecular weight is 287 g/mol. The Bertz CT molecular complexity index is 445. The minimum atomic E-state index is 0.0907. The predicted molar refractivity (Wildman–Crippen MR) is 74.2 cm³/mol. The molecule has 5 heteroatoms. The molecule has 1 unspecified atom stereocenters. The third-order valence-electron chi connectivity index (χ3n) is 3.33. The second kappa shape index (κ2) is 5.91. The van der Waals surface area contributed by atoms with Crippen LogP contribution in [-0.2, 0) is 11.2 Å². The van der Waals surface area contributed by atoms with E-state index in [1.165, 1.54) is 0 Å². The van der Waals surface area contributed by atoms with Crippen LogP contribution in [0.15, 0.2) is 18.2 Å². The molecule has 0 saturated carbocycles. The summed E-state index contributed by atoms with van der Waals surface area (Å²) in [5.74, 6) is 0.0907. The Labute approximate surface area is 117 Å². The third-order valence-corrected chi connectivity index (χ3v) is 3.92. The number of nitrogens with one attached hydrogen (secondary N) is 1. The molecule has 1 aromatic carbocycles. The molecule has 2 rings (SSSR count). The fraction of sp³-hybridized carbons (Fsp3) is 0.462. The van der Waals surface area contributed by atoms with E-state index in [9.17, 15) is 4.79 Å². The molecule has 1 saturated heterocycles. The lowest BCUT2D eigenvalue weighted by Crippen LogP contribution is -2.39. The zero-order valence-electron chi connectivity index (χ0n) is 10.2. The molecule has 1 fully saturated rings. The van der Waals surface area contributed by atoms with E-state index < -0.39 is 0 Å². The Morgan fingerprint density at radius 2 is 2.28 bits per heavy atom. The van der Waals surface area contributed by atoms with Crippen LogP contribution in [0.1, 0.15) is 12.0 Å². The van der Waals surface area contributed by atoms with Gasteiger partial charge in [0.25, 0.3) is 0 Å². The molecule has 18 heavy (non-hydrogen) atoms. The van der Waals surface area contributed by atoms with E-state index in [4.69, 9.17) is 23.2 Å². The van der Waals surface area contributed by atoms with Gasteiger partial charge in [-0.15, -0.1) is 0 Å². The first-order chi connectivity index (χ1) is 8.58. The number of amides is 1. The van der Waals surface area contributed by atoms with Gasteiger partial charge in [-0.2, -0.15) is 0 Å². The molecule has 0 spiro atoms. The number of nitrogens with zero attached hydrogens (tertiary/aromatic N) is 1. The van der Waals surface area contributed by atoms with Crippen LogP contribution in [0.2, 0.25) is 10.0 Å². The predicted octanol–water partition coefficient (Wildman–Crippen LogP) is 2.36. The number of likely N-dealkylation sites (N-methyl/N-ethyl adjacent to an activating group) is 1. The maximum Gasteiger partial charge on any atom is 0.227 e. The third kappa shape index (κ3) is 3.16. The van der Waals surface area contributed by atoms with Gasteiger partial charge in [0.1, 0.15) is 0 Å². The molecule has 0 radical (unpaired) electrons. The summed E-state index contributed by atoms with van der Waals surface area (Å²) in [6.07, 6.45) is 1.33. The Morgan fingerprint density at radius 1 is 1.50 bits per heavy atom. The quantitative estimate of drug-likeness (QED) is 0.925. The Morgan fingerprint density at radius 3 is 2.89 bits per heavy atom. The van der Waals surface area contributed by atoms with Crippen LogP contribution in [0.3, 0.4) is 0 Å². The van der Waals surface area contributed by atoms with Crippen molar-refractivity contribution in [3.8, 4) is 0 Å². The van der Waals surface area contributed by atoms with Gasteiger partial charge in [0.05, 0.1) is 6.42 Å². The number of hydrogen-bond donors (Lipinski definition) is 1. The smallest absolute Gasteiger partial charge is 0.227 e.